The van der Waals surface area contributed by atoms with Crippen molar-refractivity contribution in [2.75, 3.05) is 28.4 Å². The SMILES string of the molecule is COC(=O)/C(=C\c1c(OC)cc(OC)cc1OC)[N+](=O)[O-]. The lowest BCUT2D eigenvalue weighted by Gasteiger charge is -2.12. The summed E-state index contributed by atoms with van der Waals surface area (Å²) in [6, 6.07) is 3.03. The number of carbonyl (C=O) groups is 1. The zero-order valence-electron chi connectivity index (χ0n) is 12.0. The lowest BCUT2D eigenvalue weighted by molar-refractivity contribution is -0.419. The molecule has 8 heteroatoms. The summed E-state index contributed by atoms with van der Waals surface area (Å²) in [7, 11) is 5.29. The largest absolute Gasteiger partial charge is 0.496 e. The van der Waals surface area contributed by atoms with Crippen LogP contribution in [0.2, 0.25) is 0 Å². The fourth-order valence-corrected chi connectivity index (χ4v) is 1.60. The number of hydrogen-bond donors (Lipinski definition) is 0. The van der Waals surface area contributed by atoms with E-state index in [0.29, 0.717) is 5.75 Å². The van der Waals surface area contributed by atoms with E-state index in [2.05, 4.69) is 4.74 Å². The molecule has 0 heterocycles. The Hall–Kier alpha value is -2.77. The molecule has 0 unspecified atom stereocenters. The minimum absolute atomic E-state index is 0.234. The van der Waals surface area contributed by atoms with Crippen molar-refractivity contribution in [2.24, 2.45) is 0 Å². The van der Waals surface area contributed by atoms with Crippen LogP contribution in [0.3, 0.4) is 0 Å². The summed E-state index contributed by atoms with van der Waals surface area (Å²) >= 11 is 0. The minimum atomic E-state index is -1.07. The van der Waals surface area contributed by atoms with Crippen LogP contribution < -0.4 is 14.2 Å². The second kappa shape index (κ2) is 7.13. The summed E-state index contributed by atoms with van der Waals surface area (Å²) in [6.45, 7) is 0. The minimum Gasteiger partial charge on any atom is -0.496 e. The second-order valence-corrected chi connectivity index (χ2v) is 3.72. The van der Waals surface area contributed by atoms with Crippen molar-refractivity contribution >= 4 is 12.0 Å². The molecule has 8 nitrogen and oxygen atoms in total. The highest BCUT2D eigenvalue weighted by molar-refractivity contribution is 5.92. The molecule has 21 heavy (non-hydrogen) atoms. The summed E-state index contributed by atoms with van der Waals surface area (Å²) in [5.74, 6) is -0.106. The maximum absolute atomic E-state index is 11.4. The van der Waals surface area contributed by atoms with Crippen molar-refractivity contribution in [3.8, 4) is 17.2 Å². The van der Waals surface area contributed by atoms with Crippen LogP contribution in [-0.4, -0.2) is 39.3 Å². The number of benzene rings is 1. The maximum atomic E-state index is 11.4. The van der Waals surface area contributed by atoms with E-state index in [-0.39, 0.29) is 17.1 Å². The first-order valence-electron chi connectivity index (χ1n) is 5.72. The van der Waals surface area contributed by atoms with Gasteiger partial charge in [-0.1, -0.05) is 0 Å². The highest BCUT2D eigenvalue weighted by Gasteiger charge is 2.25. The van der Waals surface area contributed by atoms with Gasteiger partial charge in [-0.2, -0.15) is 0 Å². The Morgan fingerprint density at radius 3 is 1.95 bits per heavy atom. The molecule has 0 amide bonds. The van der Waals surface area contributed by atoms with E-state index in [4.69, 9.17) is 14.2 Å². The van der Waals surface area contributed by atoms with Crippen molar-refractivity contribution < 1.29 is 28.7 Å². The van der Waals surface area contributed by atoms with Gasteiger partial charge in [-0.05, 0) is 0 Å². The first-order valence-corrected chi connectivity index (χ1v) is 5.72. The molecular weight excluding hydrogens is 282 g/mol. The van der Waals surface area contributed by atoms with E-state index in [1.165, 1.54) is 33.5 Å². The molecule has 1 aromatic rings. The predicted octanol–water partition coefficient (Wildman–Crippen LogP) is 1.50. The molecule has 0 radical (unpaired) electrons. The molecule has 0 saturated carbocycles. The van der Waals surface area contributed by atoms with Crippen LogP contribution in [0.15, 0.2) is 17.8 Å². The van der Waals surface area contributed by atoms with Gasteiger partial charge in [0.15, 0.2) is 0 Å². The molecular formula is C13H15NO7. The molecule has 0 bridgehead atoms. The average molecular weight is 297 g/mol. The molecule has 0 aliphatic carbocycles. The van der Waals surface area contributed by atoms with Crippen molar-refractivity contribution in [1.29, 1.82) is 0 Å². The molecule has 0 spiro atoms. The molecule has 0 fully saturated rings. The van der Waals surface area contributed by atoms with Crippen LogP contribution in [0.4, 0.5) is 0 Å². The molecule has 0 aliphatic rings. The van der Waals surface area contributed by atoms with E-state index < -0.39 is 16.6 Å². The van der Waals surface area contributed by atoms with E-state index >= 15 is 0 Å². The number of ether oxygens (including phenoxy) is 4. The third-order valence-electron chi connectivity index (χ3n) is 2.63. The molecule has 114 valence electrons. The average Bonchev–Trinajstić information content (AvgIpc) is 2.50. The lowest BCUT2D eigenvalue weighted by atomic mass is 10.1. The van der Waals surface area contributed by atoms with Crippen LogP contribution in [0, 0.1) is 10.1 Å². The zero-order valence-corrected chi connectivity index (χ0v) is 12.0. The van der Waals surface area contributed by atoms with Crippen LogP contribution in [0.25, 0.3) is 6.08 Å². The van der Waals surface area contributed by atoms with Gasteiger partial charge in [0.05, 0.1) is 38.9 Å². The summed E-state index contributed by atoms with van der Waals surface area (Å²) in [6.07, 6.45) is 1.03. The number of esters is 1. The number of rotatable bonds is 6. The van der Waals surface area contributed by atoms with Crippen molar-refractivity contribution in [1.82, 2.24) is 0 Å². The molecule has 0 N–H and O–H groups in total. The van der Waals surface area contributed by atoms with E-state index in [1.54, 1.807) is 0 Å². The van der Waals surface area contributed by atoms with E-state index in [0.717, 1.165) is 13.2 Å². The van der Waals surface area contributed by atoms with E-state index in [1.807, 2.05) is 0 Å². The Bertz CT molecular complexity index is 555. The quantitative estimate of drug-likeness (QED) is 0.339. The van der Waals surface area contributed by atoms with Crippen LogP contribution in [-0.2, 0) is 9.53 Å². The topological polar surface area (TPSA) is 97.1 Å². The Morgan fingerprint density at radius 1 is 1.10 bits per heavy atom. The fourth-order valence-electron chi connectivity index (χ4n) is 1.60. The zero-order chi connectivity index (χ0) is 16.0. The number of nitro groups is 1. The molecule has 1 aromatic carbocycles. The molecule has 0 atom stereocenters. The Balaban J connectivity index is 3.52. The van der Waals surface area contributed by atoms with Gasteiger partial charge in [0.1, 0.15) is 17.2 Å². The smallest absolute Gasteiger partial charge is 0.409 e. The van der Waals surface area contributed by atoms with Gasteiger partial charge in [0.25, 0.3) is 0 Å². The third kappa shape index (κ3) is 3.62. The number of carbonyl (C=O) groups excluding carboxylic acids is 1. The van der Waals surface area contributed by atoms with Crippen molar-refractivity contribution in [2.45, 2.75) is 0 Å². The van der Waals surface area contributed by atoms with Gasteiger partial charge in [-0.15, -0.1) is 0 Å². The number of hydrogen-bond acceptors (Lipinski definition) is 7. The molecule has 0 aromatic heterocycles. The van der Waals surface area contributed by atoms with Crippen molar-refractivity contribution in [3.05, 3.63) is 33.5 Å². The Kier molecular flexibility index (Phi) is 5.53. The van der Waals surface area contributed by atoms with Gasteiger partial charge >= 0.3 is 11.7 Å². The predicted molar refractivity (Wildman–Crippen MR) is 73.1 cm³/mol. The Labute approximate surface area is 121 Å². The van der Waals surface area contributed by atoms with Gasteiger partial charge in [-0.25, -0.2) is 4.79 Å². The molecule has 0 aliphatic heterocycles. The van der Waals surface area contributed by atoms with Gasteiger partial charge in [0.2, 0.25) is 0 Å². The molecule has 0 saturated heterocycles. The Morgan fingerprint density at radius 2 is 1.62 bits per heavy atom. The van der Waals surface area contributed by atoms with Crippen molar-refractivity contribution in [3.63, 3.8) is 0 Å². The van der Waals surface area contributed by atoms with Gasteiger partial charge < -0.3 is 18.9 Å². The first-order chi connectivity index (χ1) is 9.98. The summed E-state index contributed by atoms with van der Waals surface area (Å²) in [5, 5.41) is 11.0. The van der Waals surface area contributed by atoms with Gasteiger partial charge in [-0.3, -0.25) is 10.1 Å². The lowest BCUT2D eigenvalue weighted by Crippen LogP contribution is -2.13. The summed E-state index contributed by atoms with van der Waals surface area (Å²) in [5.41, 5.74) is -0.503. The summed E-state index contributed by atoms with van der Waals surface area (Å²) < 4.78 is 19.7. The fraction of sp³-hybridized carbons (Fsp3) is 0.308. The second-order valence-electron chi connectivity index (χ2n) is 3.72. The van der Waals surface area contributed by atoms with Gasteiger partial charge in [0, 0.05) is 18.2 Å². The third-order valence-corrected chi connectivity index (χ3v) is 2.63. The first kappa shape index (κ1) is 16.3. The number of methoxy groups -OCH3 is 4. The monoisotopic (exact) mass is 297 g/mol. The van der Waals surface area contributed by atoms with Crippen LogP contribution >= 0.6 is 0 Å². The maximum Gasteiger partial charge on any atom is 0.409 e. The molecule has 1 rings (SSSR count). The highest BCUT2D eigenvalue weighted by atomic mass is 16.6. The number of nitrogens with zero attached hydrogens (tertiary/aromatic N) is 1. The van der Waals surface area contributed by atoms with E-state index in [9.17, 15) is 14.9 Å². The highest BCUT2D eigenvalue weighted by Crippen LogP contribution is 2.35. The normalized spacial score (nSPS) is 10.8. The standard InChI is InChI=1S/C13H15NO7/c1-18-8-5-11(19-2)9(12(6-8)20-3)7-10(14(16)17)13(15)21-4/h5-7H,1-4H3/b10-7+. The summed E-state index contributed by atoms with van der Waals surface area (Å²) in [4.78, 5) is 21.6. The van der Waals surface area contributed by atoms with Crippen LogP contribution in [0.5, 0.6) is 17.2 Å². The van der Waals surface area contributed by atoms with Crippen LogP contribution in [0.1, 0.15) is 5.56 Å².